The molecule has 2 fully saturated rings. The van der Waals surface area contributed by atoms with Gasteiger partial charge in [0.2, 0.25) is 0 Å². The normalized spacial score (nSPS) is 27.5. The molecule has 1 atom stereocenters. The summed E-state index contributed by atoms with van der Waals surface area (Å²) in [7, 11) is 0. The van der Waals surface area contributed by atoms with Crippen molar-refractivity contribution in [2.24, 2.45) is 5.41 Å². The van der Waals surface area contributed by atoms with Crippen LogP contribution < -0.4 is 15.1 Å². The molecule has 1 saturated carbocycles. The van der Waals surface area contributed by atoms with E-state index in [9.17, 15) is 4.39 Å². The predicted octanol–water partition coefficient (Wildman–Crippen LogP) is 3.04. The topological polar surface area (TPSA) is 18.5 Å². The second-order valence-electron chi connectivity index (χ2n) is 7.22. The van der Waals surface area contributed by atoms with Crippen molar-refractivity contribution in [3.05, 3.63) is 24.0 Å². The Bertz CT molecular complexity index is 541. The number of rotatable bonds is 3. The van der Waals surface area contributed by atoms with Gasteiger partial charge in [0.05, 0.1) is 11.4 Å². The van der Waals surface area contributed by atoms with Gasteiger partial charge in [-0.3, -0.25) is 0 Å². The molecule has 1 unspecified atom stereocenters. The highest BCUT2D eigenvalue weighted by Crippen LogP contribution is 2.41. The Morgan fingerprint density at radius 2 is 2.09 bits per heavy atom. The molecule has 0 aromatic heterocycles. The number of hydrogen-bond acceptors (Lipinski definition) is 3. The fourth-order valence-electron chi connectivity index (χ4n) is 3.86. The molecule has 0 bridgehead atoms. The van der Waals surface area contributed by atoms with E-state index in [4.69, 9.17) is 0 Å². The molecule has 2 aliphatic heterocycles. The number of benzene rings is 1. The minimum atomic E-state index is -0.116. The summed E-state index contributed by atoms with van der Waals surface area (Å²) in [5.74, 6) is -0.116. The van der Waals surface area contributed by atoms with Gasteiger partial charge in [-0.25, -0.2) is 4.39 Å². The zero-order valence-electron chi connectivity index (χ0n) is 13.1. The maximum absolute atomic E-state index is 13.7. The summed E-state index contributed by atoms with van der Waals surface area (Å²) in [5, 5.41) is 3.48. The Morgan fingerprint density at radius 3 is 2.77 bits per heavy atom. The van der Waals surface area contributed by atoms with Gasteiger partial charge >= 0.3 is 0 Å². The van der Waals surface area contributed by atoms with Crippen LogP contribution in [0.1, 0.15) is 26.2 Å². The molecule has 3 aliphatic rings. The summed E-state index contributed by atoms with van der Waals surface area (Å²) >= 11 is 0. The van der Waals surface area contributed by atoms with E-state index in [0.29, 0.717) is 11.5 Å². The van der Waals surface area contributed by atoms with E-state index in [1.54, 1.807) is 12.1 Å². The third-order valence-corrected chi connectivity index (χ3v) is 5.22. The van der Waals surface area contributed by atoms with Gasteiger partial charge in [0.1, 0.15) is 5.82 Å². The molecule has 1 saturated heterocycles. The average molecular weight is 326 g/mol. The van der Waals surface area contributed by atoms with Gasteiger partial charge < -0.3 is 15.1 Å². The van der Waals surface area contributed by atoms with E-state index in [1.165, 1.54) is 24.9 Å². The summed E-state index contributed by atoms with van der Waals surface area (Å²) in [6.07, 6.45) is 3.75. The lowest BCUT2D eigenvalue weighted by Crippen LogP contribution is -2.46. The summed E-state index contributed by atoms with van der Waals surface area (Å²) in [5.41, 5.74) is 2.67. The van der Waals surface area contributed by atoms with Crippen molar-refractivity contribution in [3.63, 3.8) is 0 Å². The van der Waals surface area contributed by atoms with Gasteiger partial charge in [-0.2, -0.15) is 0 Å². The predicted molar refractivity (Wildman–Crippen MR) is 91.8 cm³/mol. The summed E-state index contributed by atoms with van der Waals surface area (Å²) in [6, 6.07) is 5.97. The number of fused-ring (bicyclic) bond motifs is 1. The van der Waals surface area contributed by atoms with Gasteiger partial charge in [-0.15, -0.1) is 12.4 Å². The lowest BCUT2D eigenvalue weighted by atomic mass is 9.88. The van der Waals surface area contributed by atoms with Crippen LogP contribution in [0.2, 0.25) is 0 Å². The molecule has 122 valence electrons. The van der Waals surface area contributed by atoms with Crippen molar-refractivity contribution < 1.29 is 4.39 Å². The number of anilines is 2. The number of nitrogens with zero attached hydrogens (tertiary/aromatic N) is 2. The second-order valence-corrected chi connectivity index (χ2v) is 7.22. The highest BCUT2D eigenvalue weighted by atomic mass is 35.5. The van der Waals surface area contributed by atoms with Crippen LogP contribution in [0.15, 0.2) is 18.2 Å². The van der Waals surface area contributed by atoms with Gasteiger partial charge in [0.25, 0.3) is 0 Å². The van der Waals surface area contributed by atoms with Crippen LogP contribution in [0.5, 0.6) is 0 Å². The molecule has 5 heteroatoms. The summed E-state index contributed by atoms with van der Waals surface area (Å²) in [4.78, 5) is 4.89. The van der Waals surface area contributed by atoms with Crippen molar-refractivity contribution >= 4 is 23.8 Å². The number of halogens is 2. The number of nitrogens with one attached hydrogen (secondary N) is 1. The monoisotopic (exact) mass is 325 g/mol. The van der Waals surface area contributed by atoms with Crippen molar-refractivity contribution in [2.45, 2.75) is 32.2 Å². The van der Waals surface area contributed by atoms with E-state index in [1.807, 2.05) is 6.07 Å². The number of hydrogen-bond donors (Lipinski definition) is 1. The van der Waals surface area contributed by atoms with E-state index in [0.717, 1.165) is 38.4 Å². The molecule has 1 aromatic rings. The maximum atomic E-state index is 13.7. The molecule has 3 nitrogen and oxygen atoms in total. The zero-order valence-corrected chi connectivity index (χ0v) is 14.0. The molecule has 0 spiro atoms. The molecule has 0 amide bonds. The van der Waals surface area contributed by atoms with E-state index >= 15 is 0 Å². The third kappa shape index (κ3) is 2.91. The van der Waals surface area contributed by atoms with Crippen molar-refractivity contribution in [1.29, 1.82) is 0 Å². The first-order valence-electron chi connectivity index (χ1n) is 8.17. The zero-order chi connectivity index (χ0) is 14.4. The van der Waals surface area contributed by atoms with Gasteiger partial charge in [-0.1, -0.05) is 6.92 Å². The van der Waals surface area contributed by atoms with Crippen LogP contribution in [-0.2, 0) is 0 Å². The minimum absolute atomic E-state index is 0. The first-order valence-corrected chi connectivity index (χ1v) is 8.17. The first kappa shape index (κ1) is 15.9. The smallest absolute Gasteiger partial charge is 0.125 e. The van der Waals surface area contributed by atoms with Gasteiger partial charge in [0, 0.05) is 32.2 Å². The van der Waals surface area contributed by atoms with E-state index in [-0.39, 0.29) is 18.2 Å². The Labute approximate surface area is 138 Å². The van der Waals surface area contributed by atoms with Crippen LogP contribution >= 0.6 is 12.4 Å². The Hall–Kier alpha value is -1.00. The first-order chi connectivity index (χ1) is 10.1. The summed E-state index contributed by atoms with van der Waals surface area (Å²) < 4.78 is 13.7. The molecule has 2 heterocycles. The Balaban J connectivity index is 0.00000144. The Kier molecular flexibility index (Phi) is 4.25. The van der Waals surface area contributed by atoms with Gasteiger partial charge in [-0.05, 0) is 49.4 Å². The molecule has 22 heavy (non-hydrogen) atoms. The fourth-order valence-corrected chi connectivity index (χ4v) is 3.86. The second kappa shape index (κ2) is 5.89. The van der Waals surface area contributed by atoms with Crippen molar-refractivity contribution in [1.82, 2.24) is 5.32 Å². The molecule has 0 radical (unpaired) electrons. The van der Waals surface area contributed by atoms with Crippen LogP contribution in [0.3, 0.4) is 0 Å². The average Bonchev–Trinajstić information content (AvgIpc) is 3.21. The van der Waals surface area contributed by atoms with E-state index in [2.05, 4.69) is 22.0 Å². The molecular formula is C17H25ClFN3. The lowest BCUT2D eigenvalue weighted by molar-refractivity contribution is 0.363. The maximum Gasteiger partial charge on any atom is 0.125 e. The SMILES string of the molecule is CC1(CN2CCN(C3CC3)c3cc(F)ccc32)CCNC1.Cl. The quantitative estimate of drug-likeness (QED) is 0.921. The van der Waals surface area contributed by atoms with Crippen molar-refractivity contribution in [2.75, 3.05) is 42.5 Å². The van der Waals surface area contributed by atoms with Crippen LogP contribution in [0.4, 0.5) is 15.8 Å². The van der Waals surface area contributed by atoms with Crippen LogP contribution in [0.25, 0.3) is 0 Å². The highest BCUT2D eigenvalue weighted by Gasteiger charge is 2.37. The molecular weight excluding hydrogens is 301 g/mol. The lowest BCUT2D eigenvalue weighted by Gasteiger charge is -2.42. The minimum Gasteiger partial charge on any atom is -0.367 e. The van der Waals surface area contributed by atoms with Crippen LogP contribution in [-0.4, -0.2) is 38.8 Å². The molecule has 4 rings (SSSR count). The van der Waals surface area contributed by atoms with Crippen molar-refractivity contribution in [3.8, 4) is 0 Å². The largest absolute Gasteiger partial charge is 0.367 e. The highest BCUT2D eigenvalue weighted by molar-refractivity contribution is 5.85. The van der Waals surface area contributed by atoms with Gasteiger partial charge in [0.15, 0.2) is 0 Å². The Morgan fingerprint density at radius 1 is 1.27 bits per heavy atom. The van der Waals surface area contributed by atoms with E-state index < -0.39 is 0 Å². The molecule has 1 aromatic carbocycles. The summed E-state index contributed by atoms with van der Waals surface area (Å²) in [6.45, 7) is 7.73. The van der Waals surface area contributed by atoms with Crippen LogP contribution in [0, 0.1) is 11.2 Å². The third-order valence-electron chi connectivity index (χ3n) is 5.22. The molecule has 1 N–H and O–H groups in total. The molecule has 1 aliphatic carbocycles. The fraction of sp³-hybridized carbons (Fsp3) is 0.647. The standard InChI is InChI=1S/C17H24FN3.ClH/c1-17(6-7-19-11-17)12-20-8-9-21(14-3-4-14)16-10-13(18)2-5-15(16)20;/h2,5,10,14,19H,3-4,6-9,11-12H2,1H3;1H.